The number of rotatable bonds is 7. The molecule has 3 heteroatoms. The van der Waals surface area contributed by atoms with Gasteiger partial charge in [0, 0.05) is 18.8 Å². The van der Waals surface area contributed by atoms with Crippen LogP contribution in [0.1, 0.15) is 49.4 Å². The highest BCUT2D eigenvalue weighted by atomic mass is 16.5. The van der Waals surface area contributed by atoms with Crippen molar-refractivity contribution in [1.29, 1.82) is 0 Å². The zero-order valence-electron chi connectivity index (χ0n) is 14.7. The molecule has 0 saturated carbocycles. The Morgan fingerprint density at radius 1 is 1.04 bits per heavy atom. The first-order valence-corrected chi connectivity index (χ1v) is 8.46. The number of unbranched alkanes of at least 4 members (excludes halogenated alkanes) is 3. The second-order valence-electron chi connectivity index (χ2n) is 6.29. The van der Waals surface area contributed by atoms with Crippen molar-refractivity contribution in [3.8, 4) is 11.5 Å². The lowest BCUT2D eigenvalue weighted by Gasteiger charge is -2.13. The summed E-state index contributed by atoms with van der Waals surface area (Å²) in [7, 11) is 1.98. The molecule has 1 aromatic heterocycles. The van der Waals surface area contributed by atoms with Crippen LogP contribution in [0.25, 0.3) is 0 Å². The van der Waals surface area contributed by atoms with E-state index in [0.717, 1.165) is 29.8 Å². The lowest BCUT2D eigenvalue weighted by molar-refractivity contribution is 0.466. The minimum Gasteiger partial charge on any atom is -0.451 e. The lowest BCUT2D eigenvalue weighted by Crippen LogP contribution is -2.12. The number of benzene rings is 1. The molecule has 2 rings (SSSR count). The molecule has 1 aromatic carbocycles. The topological polar surface area (TPSA) is 31.2 Å². The van der Waals surface area contributed by atoms with E-state index in [-0.39, 0.29) is 5.43 Å². The molecule has 2 aromatic rings. The molecule has 0 radical (unpaired) electrons. The molecule has 0 saturated heterocycles. The van der Waals surface area contributed by atoms with E-state index in [1.165, 1.54) is 24.8 Å². The van der Waals surface area contributed by atoms with E-state index in [1.54, 1.807) is 12.3 Å². The molecule has 0 atom stereocenters. The molecular formula is C20H27NO2. The minimum absolute atomic E-state index is 0.0476. The van der Waals surface area contributed by atoms with Gasteiger partial charge in [-0.3, -0.25) is 4.79 Å². The Morgan fingerprint density at radius 2 is 1.83 bits per heavy atom. The number of hydrogen-bond acceptors (Lipinski definition) is 2. The SMILES string of the molecule is CCCCCCc1cc(=O)c(Oc2ccc(C)cc2C)cn1C. The molecule has 23 heavy (non-hydrogen) atoms. The third-order valence-corrected chi connectivity index (χ3v) is 4.14. The zero-order chi connectivity index (χ0) is 16.8. The van der Waals surface area contributed by atoms with Gasteiger partial charge in [0.2, 0.25) is 5.43 Å². The molecule has 3 nitrogen and oxygen atoms in total. The van der Waals surface area contributed by atoms with Crippen molar-refractivity contribution in [2.24, 2.45) is 7.05 Å². The van der Waals surface area contributed by atoms with E-state index in [0.29, 0.717) is 5.75 Å². The highest BCUT2D eigenvalue weighted by Gasteiger charge is 2.08. The van der Waals surface area contributed by atoms with Gasteiger partial charge in [0.25, 0.3) is 0 Å². The quantitative estimate of drug-likeness (QED) is 0.680. The molecule has 0 unspecified atom stereocenters. The van der Waals surface area contributed by atoms with Gasteiger partial charge in [-0.2, -0.15) is 0 Å². The van der Waals surface area contributed by atoms with Crippen molar-refractivity contribution < 1.29 is 4.74 Å². The summed E-state index contributed by atoms with van der Waals surface area (Å²) < 4.78 is 7.85. The zero-order valence-corrected chi connectivity index (χ0v) is 14.7. The average molecular weight is 313 g/mol. The van der Waals surface area contributed by atoms with Gasteiger partial charge in [0.05, 0.1) is 6.20 Å². The van der Waals surface area contributed by atoms with Crippen molar-refractivity contribution in [3.63, 3.8) is 0 Å². The third-order valence-electron chi connectivity index (χ3n) is 4.14. The molecule has 0 amide bonds. The number of ether oxygens (including phenoxy) is 1. The molecule has 124 valence electrons. The summed E-state index contributed by atoms with van der Waals surface area (Å²) in [6.45, 7) is 6.24. The van der Waals surface area contributed by atoms with Crippen LogP contribution in [0.5, 0.6) is 11.5 Å². The maximum absolute atomic E-state index is 12.3. The van der Waals surface area contributed by atoms with Gasteiger partial charge in [-0.25, -0.2) is 0 Å². The van der Waals surface area contributed by atoms with Gasteiger partial charge in [0.1, 0.15) is 5.75 Å². The van der Waals surface area contributed by atoms with Gasteiger partial charge in [-0.05, 0) is 38.3 Å². The minimum atomic E-state index is -0.0476. The van der Waals surface area contributed by atoms with Gasteiger partial charge in [-0.15, -0.1) is 0 Å². The number of aryl methyl sites for hydroxylation is 4. The molecule has 0 fully saturated rings. The van der Waals surface area contributed by atoms with Crippen LogP contribution in [-0.2, 0) is 13.5 Å². The number of hydrogen-bond donors (Lipinski definition) is 0. The number of pyridine rings is 1. The summed E-state index contributed by atoms with van der Waals surface area (Å²) >= 11 is 0. The fraction of sp³-hybridized carbons (Fsp3) is 0.450. The highest BCUT2D eigenvalue weighted by molar-refractivity contribution is 5.39. The predicted molar refractivity (Wildman–Crippen MR) is 95.5 cm³/mol. The molecule has 0 bridgehead atoms. The van der Waals surface area contributed by atoms with Crippen molar-refractivity contribution in [2.75, 3.05) is 0 Å². The van der Waals surface area contributed by atoms with Gasteiger partial charge in [-0.1, -0.05) is 43.9 Å². The monoisotopic (exact) mass is 313 g/mol. The molecular weight excluding hydrogens is 286 g/mol. The average Bonchev–Trinajstić information content (AvgIpc) is 2.50. The molecule has 0 aliphatic carbocycles. The summed E-state index contributed by atoms with van der Waals surface area (Å²) in [5, 5.41) is 0. The van der Waals surface area contributed by atoms with Crippen molar-refractivity contribution in [2.45, 2.75) is 52.9 Å². The van der Waals surface area contributed by atoms with Gasteiger partial charge >= 0.3 is 0 Å². The van der Waals surface area contributed by atoms with Gasteiger partial charge in [0.15, 0.2) is 5.75 Å². The van der Waals surface area contributed by atoms with Crippen molar-refractivity contribution >= 4 is 0 Å². The van der Waals surface area contributed by atoms with Crippen LogP contribution in [-0.4, -0.2) is 4.57 Å². The smallest absolute Gasteiger partial charge is 0.224 e. The van der Waals surface area contributed by atoms with Crippen LogP contribution in [0, 0.1) is 13.8 Å². The Hall–Kier alpha value is -2.03. The van der Waals surface area contributed by atoms with E-state index in [2.05, 4.69) is 13.0 Å². The highest BCUT2D eigenvalue weighted by Crippen LogP contribution is 2.24. The second-order valence-corrected chi connectivity index (χ2v) is 6.29. The van der Waals surface area contributed by atoms with Crippen LogP contribution in [0.3, 0.4) is 0 Å². The van der Waals surface area contributed by atoms with E-state index >= 15 is 0 Å². The Kier molecular flexibility index (Phi) is 6.03. The van der Waals surface area contributed by atoms with E-state index in [1.807, 2.05) is 37.6 Å². The third kappa shape index (κ3) is 4.72. The largest absolute Gasteiger partial charge is 0.451 e. The fourth-order valence-electron chi connectivity index (χ4n) is 2.74. The maximum Gasteiger partial charge on any atom is 0.224 e. The summed E-state index contributed by atoms with van der Waals surface area (Å²) in [5.74, 6) is 1.13. The summed E-state index contributed by atoms with van der Waals surface area (Å²) in [6, 6.07) is 7.68. The lowest BCUT2D eigenvalue weighted by atomic mass is 10.1. The molecule has 0 aliphatic heterocycles. The van der Waals surface area contributed by atoms with Crippen LogP contribution in [0.15, 0.2) is 35.3 Å². The van der Waals surface area contributed by atoms with E-state index in [4.69, 9.17) is 4.74 Å². The fourth-order valence-corrected chi connectivity index (χ4v) is 2.74. The van der Waals surface area contributed by atoms with E-state index < -0.39 is 0 Å². The molecule has 1 heterocycles. The first-order chi connectivity index (χ1) is 11.0. The summed E-state index contributed by atoms with van der Waals surface area (Å²) in [4.78, 5) is 12.3. The normalized spacial score (nSPS) is 10.8. The number of nitrogens with zero attached hydrogens (tertiary/aromatic N) is 1. The maximum atomic E-state index is 12.3. The van der Waals surface area contributed by atoms with Crippen LogP contribution in [0.4, 0.5) is 0 Å². The Labute approximate surface area is 138 Å². The first kappa shape index (κ1) is 17.3. The molecule has 0 spiro atoms. The van der Waals surface area contributed by atoms with Crippen LogP contribution >= 0.6 is 0 Å². The molecule has 0 N–H and O–H groups in total. The van der Waals surface area contributed by atoms with Gasteiger partial charge < -0.3 is 9.30 Å². The Morgan fingerprint density at radius 3 is 2.52 bits per heavy atom. The van der Waals surface area contributed by atoms with Crippen LogP contribution in [0.2, 0.25) is 0 Å². The Balaban J connectivity index is 2.14. The standard InChI is InChI=1S/C20H27NO2/c1-5-6-7-8-9-17-13-18(22)20(14-21(17)4)23-19-11-10-15(2)12-16(19)3/h10-14H,5-9H2,1-4H3. The Bertz CT molecular complexity index is 716. The summed E-state index contributed by atoms with van der Waals surface area (Å²) in [6.07, 6.45) is 7.56. The van der Waals surface area contributed by atoms with Crippen LogP contribution < -0.4 is 10.2 Å². The van der Waals surface area contributed by atoms with E-state index in [9.17, 15) is 4.79 Å². The molecule has 0 aliphatic rings. The second kappa shape index (κ2) is 8.00. The predicted octanol–water partition coefficient (Wildman–Crippen LogP) is 4.92. The number of aromatic nitrogens is 1. The summed E-state index contributed by atoms with van der Waals surface area (Å²) in [5.41, 5.74) is 3.24. The van der Waals surface area contributed by atoms with Crippen molar-refractivity contribution in [1.82, 2.24) is 4.57 Å². The van der Waals surface area contributed by atoms with Crippen molar-refractivity contribution in [3.05, 3.63) is 57.5 Å². The first-order valence-electron chi connectivity index (χ1n) is 8.46.